The number of hydrogen-bond donors (Lipinski definition) is 1. The first-order chi connectivity index (χ1) is 10.8. The fraction of sp³-hybridized carbons (Fsp3) is 0. The van der Waals surface area contributed by atoms with E-state index in [-0.39, 0.29) is 22.0 Å². The average molecular weight is 340 g/mol. The van der Waals surface area contributed by atoms with Crippen molar-refractivity contribution in [3.05, 3.63) is 73.0 Å². The van der Waals surface area contributed by atoms with Gasteiger partial charge in [0.2, 0.25) is 5.82 Å². The summed E-state index contributed by atoms with van der Waals surface area (Å²) in [5, 5.41) is 23.4. The summed E-state index contributed by atoms with van der Waals surface area (Å²) in [5.74, 6) is -1.79. The van der Waals surface area contributed by atoms with Gasteiger partial charge in [-0.1, -0.05) is 11.6 Å². The van der Waals surface area contributed by atoms with E-state index in [1.807, 2.05) is 0 Å². The Hall–Kier alpha value is -3.07. The number of nitrogens with one attached hydrogen (secondary N) is 1. The lowest BCUT2D eigenvalue weighted by atomic mass is 10.2. The Morgan fingerprint density at radius 1 is 1.09 bits per heavy atom. The standard InChI is InChI=1S/C13H7ClFN3O5/c14-10-6-8(17(20)21)2-3-9(10)13(19)16-7-1-4-11(15)12(5-7)18(22)23/h1-6H,(H,16,19). The van der Waals surface area contributed by atoms with Gasteiger partial charge in [-0.3, -0.25) is 25.0 Å². The maximum absolute atomic E-state index is 13.2. The maximum atomic E-state index is 13.2. The van der Waals surface area contributed by atoms with Crippen LogP contribution in [0, 0.1) is 26.0 Å². The van der Waals surface area contributed by atoms with Gasteiger partial charge in [-0.15, -0.1) is 0 Å². The second-order valence-corrected chi connectivity index (χ2v) is 4.71. The van der Waals surface area contributed by atoms with Crippen molar-refractivity contribution in [1.82, 2.24) is 0 Å². The van der Waals surface area contributed by atoms with Gasteiger partial charge in [-0.05, 0) is 18.2 Å². The zero-order valence-corrected chi connectivity index (χ0v) is 11.9. The molecule has 0 bridgehead atoms. The Balaban J connectivity index is 2.27. The molecule has 23 heavy (non-hydrogen) atoms. The van der Waals surface area contributed by atoms with Gasteiger partial charge in [0.25, 0.3) is 11.6 Å². The molecule has 2 aromatic rings. The molecule has 0 spiro atoms. The summed E-state index contributed by atoms with van der Waals surface area (Å²) >= 11 is 5.81. The summed E-state index contributed by atoms with van der Waals surface area (Å²) < 4.78 is 13.2. The summed E-state index contributed by atoms with van der Waals surface area (Å²) in [7, 11) is 0. The molecular formula is C13H7ClFN3O5. The van der Waals surface area contributed by atoms with Gasteiger partial charge in [0.05, 0.1) is 20.4 Å². The normalized spacial score (nSPS) is 10.2. The summed E-state index contributed by atoms with van der Waals surface area (Å²) in [4.78, 5) is 31.7. The molecule has 1 amide bonds. The molecule has 0 unspecified atom stereocenters. The summed E-state index contributed by atoms with van der Waals surface area (Å²) in [6.07, 6.45) is 0. The SMILES string of the molecule is O=C(Nc1ccc(F)c([N+](=O)[O-])c1)c1ccc([N+](=O)[O-])cc1Cl. The molecule has 10 heteroatoms. The van der Waals surface area contributed by atoms with E-state index in [2.05, 4.69) is 5.32 Å². The average Bonchev–Trinajstić information content (AvgIpc) is 2.48. The second-order valence-electron chi connectivity index (χ2n) is 4.30. The quantitative estimate of drug-likeness (QED) is 0.675. The molecule has 0 saturated heterocycles. The van der Waals surface area contributed by atoms with E-state index in [0.717, 1.165) is 36.4 Å². The Labute approximate surface area is 132 Å². The minimum atomic E-state index is -1.04. The lowest BCUT2D eigenvalue weighted by molar-refractivity contribution is -0.387. The number of nitrogens with zero attached hydrogens (tertiary/aromatic N) is 2. The van der Waals surface area contributed by atoms with Crippen LogP contribution in [0.25, 0.3) is 0 Å². The van der Waals surface area contributed by atoms with Gasteiger partial charge in [0.1, 0.15) is 0 Å². The number of carbonyl (C=O) groups excluding carboxylic acids is 1. The van der Waals surface area contributed by atoms with Crippen LogP contribution in [0.1, 0.15) is 10.4 Å². The van der Waals surface area contributed by atoms with E-state index in [0.29, 0.717) is 0 Å². The molecular weight excluding hydrogens is 333 g/mol. The Morgan fingerprint density at radius 3 is 2.35 bits per heavy atom. The number of nitro groups is 2. The first-order valence-corrected chi connectivity index (χ1v) is 6.36. The van der Waals surface area contributed by atoms with Gasteiger partial charge >= 0.3 is 5.69 Å². The third-order valence-corrected chi connectivity index (χ3v) is 3.12. The molecule has 0 fully saturated rings. The third-order valence-electron chi connectivity index (χ3n) is 2.81. The Kier molecular flexibility index (Phi) is 4.51. The maximum Gasteiger partial charge on any atom is 0.306 e. The molecule has 0 heterocycles. The van der Waals surface area contributed by atoms with Crippen molar-refractivity contribution >= 4 is 34.6 Å². The number of non-ortho nitro benzene ring substituents is 1. The van der Waals surface area contributed by atoms with Gasteiger partial charge in [0.15, 0.2) is 0 Å². The third kappa shape index (κ3) is 3.58. The van der Waals surface area contributed by atoms with Crippen LogP contribution < -0.4 is 5.32 Å². The molecule has 2 aromatic carbocycles. The van der Waals surface area contributed by atoms with Crippen molar-refractivity contribution in [2.45, 2.75) is 0 Å². The van der Waals surface area contributed by atoms with Crippen molar-refractivity contribution in [3.63, 3.8) is 0 Å². The highest BCUT2D eigenvalue weighted by Crippen LogP contribution is 2.25. The van der Waals surface area contributed by atoms with Gasteiger partial charge in [-0.25, -0.2) is 0 Å². The van der Waals surface area contributed by atoms with Crippen LogP contribution in [0.5, 0.6) is 0 Å². The first kappa shape index (κ1) is 16.3. The topological polar surface area (TPSA) is 115 Å². The summed E-state index contributed by atoms with van der Waals surface area (Å²) in [6.45, 7) is 0. The zero-order chi connectivity index (χ0) is 17.1. The number of halogens is 2. The fourth-order valence-electron chi connectivity index (χ4n) is 1.73. The molecule has 0 saturated carbocycles. The minimum absolute atomic E-state index is 0.0162. The molecule has 2 rings (SSSR count). The highest BCUT2D eigenvalue weighted by molar-refractivity contribution is 6.34. The molecule has 0 aliphatic rings. The van der Waals surface area contributed by atoms with E-state index in [1.54, 1.807) is 0 Å². The molecule has 118 valence electrons. The van der Waals surface area contributed by atoms with Crippen molar-refractivity contribution in [2.75, 3.05) is 5.32 Å². The van der Waals surface area contributed by atoms with E-state index in [4.69, 9.17) is 11.6 Å². The van der Waals surface area contributed by atoms with Crippen LogP contribution in [-0.2, 0) is 0 Å². The predicted molar refractivity (Wildman–Crippen MR) is 79.1 cm³/mol. The van der Waals surface area contributed by atoms with Crippen molar-refractivity contribution in [3.8, 4) is 0 Å². The van der Waals surface area contributed by atoms with Crippen molar-refractivity contribution in [2.24, 2.45) is 0 Å². The van der Waals surface area contributed by atoms with Crippen LogP contribution in [0.3, 0.4) is 0 Å². The lowest BCUT2D eigenvalue weighted by Gasteiger charge is -2.07. The highest BCUT2D eigenvalue weighted by Gasteiger charge is 2.18. The van der Waals surface area contributed by atoms with E-state index >= 15 is 0 Å². The largest absolute Gasteiger partial charge is 0.322 e. The number of hydrogen-bond acceptors (Lipinski definition) is 5. The zero-order valence-electron chi connectivity index (χ0n) is 11.2. The van der Waals surface area contributed by atoms with E-state index < -0.39 is 27.3 Å². The van der Waals surface area contributed by atoms with Crippen LogP contribution in [0.15, 0.2) is 36.4 Å². The number of benzene rings is 2. The first-order valence-electron chi connectivity index (χ1n) is 5.99. The van der Waals surface area contributed by atoms with Crippen LogP contribution in [-0.4, -0.2) is 15.8 Å². The van der Waals surface area contributed by atoms with Crippen molar-refractivity contribution < 1.29 is 19.0 Å². The predicted octanol–water partition coefficient (Wildman–Crippen LogP) is 3.55. The molecule has 0 aromatic heterocycles. The molecule has 0 atom stereocenters. The van der Waals surface area contributed by atoms with Crippen LogP contribution >= 0.6 is 11.6 Å². The molecule has 0 radical (unpaired) electrons. The smallest absolute Gasteiger partial charge is 0.306 e. The molecule has 0 aliphatic carbocycles. The van der Waals surface area contributed by atoms with E-state index in [1.165, 1.54) is 0 Å². The van der Waals surface area contributed by atoms with Crippen LogP contribution in [0.2, 0.25) is 5.02 Å². The number of nitro benzene ring substituents is 2. The number of amides is 1. The Morgan fingerprint density at radius 2 is 1.78 bits per heavy atom. The highest BCUT2D eigenvalue weighted by atomic mass is 35.5. The van der Waals surface area contributed by atoms with E-state index in [9.17, 15) is 29.4 Å². The molecule has 1 N–H and O–H groups in total. The van der Waals surface area contributed by atoms with Crippen molar-refractivity contribution in [1.29, 1.82) is 0 Å². The molecule has 8 nitrogen and oxygen atoms in total. The van der Waals surface area contributed by atoms with Gasteiger partial charge < -0.3 is 5.32 Å². The summed E-state index contributed by atoms with van der Waals surface area (Å²) in [5.41, 5.74) is -1.16. The van der Waals surface area contributed by atoms with Gasteiger partial charge in [0, 0.05) is 23.9 Å². The molecule has 0 aliphatic heterocycles. The summed E-state index contributed by atoms with van der Waals surface area (Å²) in [6, 6.07) is 6.07. The fourth-order valence-corrected chi connectivity index (χ4v) is 1.99. The lowest BCUT2D eigenvalue weighted by Crippen LogP contribution is -2.13. The minimum Gasteiger partial charge on any atom is -0.322 e. The van der Waals surface area contributed by atoms with Crippen LogP contribution in [0.4, 0.5) is 21.5 Å². The number of anilines is 1. The Bertz CT molecular complexity index is 827. The second kappa shape index (κ2) is 6.36. The van der Waals surface area contributed by atoms with Gasteiger partial charge in [-0.2, -0.15) is 4.39 Å². The number of rotatable bonds is 4. The number of carbonyl (C=O) groups is 1. The monoisotopic (exact) mass is 339 g/mol.